The molecule has 0 amide bonds. The van der Waals surface area contributed by atoms with Crippen molar-refractivity contribution in [3.8, 4) is 22.6 Å². The molecule has 0 atom stereocenters. The summed E-state index contributed by atoms with van der Waals surface area (Å²) in [6, 6.07) is 28.2. The van der Waals surface area contributed by atoms with E-state index in [9.17, 15) is 0 Å². The molecule has 5 aromatic rings. The van der Waals surface area contributed by atoms with Crippen molar-refractivity contribution >= 4 is 33.5 Å². The van der Waals surface area contributed by atoms with Gasteiger partial charge in [-0.15, -0.1) is 0 Å². The summed E-state index contributed by atoms with van der Waals surface area (Å²) in [6.45, 7) is 0. The van der Waals surface area contributed by atoms with E-state index in [4.69, 9.17) is 21.0 Å². The summed E-state index contributed by atoms with van der Waals surface area (Å²) in [7, 11) is 0. The fourth-order valence-corrected chi connectivity index (χ4v) is 3.56. The van der Waals surface area contributed by atoms with Crippen molar-refractivity contribution in [2.24, 2.45) is 0 Å². The van der Waals surface area contributed by atoms with Gasteiger partial charge < -0.3 is 4.42 Å². The SMILES string of the molecule is Clc1ccccc1-c1ccc2oc(-c3cccc4ccccc34)nc2c1. The molecule has 1 aromatic heterocycles. The van der Waals surface area contributed by atoms with Crippen molar-refractivity contribution in [3.05, 3.63) is 90.0 Å². The number of halogens is 1. The average molecular weight is 356 g/mol. The van der Waals surface area contributed by atoms with E-state index in [1.54, 1.807) is 0 Å². The Labute approximate surface area is 155 Å². The van der Waals surface area contributed by atoms with Crippen LogP contribution in [0.2, 0.25) is 5.02 Å². The van der Waals surface area contributed by atoms with Gasteiger partial charge in [0, 0.05) is 16.1 Å². The molecule has 0 fully saturated rings. The number of rotatable bonds is 2. The zero-order chi connectivity index (χ0) is 17.5. The number of aromatic nitrogens is 1. The Kier molecular flexibility index (Phi) is 3.51. The molecular weight excluding hydrogens is 342 g/mol. The van der Waals surface area contributed by atoms with Crippen LogP contribution in [0.5, 0.6) is 0 Å². The summed E-state index contributed by atoms with van der Waals surface area (Å²) in [5.41, 5.74) is 4.61. The van der Waals surface area contributed by atoms with Gasteiger partial charge in [0.1, 0.15) is 5.52 Å². The lowest BCUT2D eigenvalue weighted by Gasteiger charge is -2.03. The lowest BCUT2D eigenvalue weighted by Crippen LogP contribution is -1.81. The van der Waals surface area contributed by atoms with Crippen LogP contribution in [0, 0.1) is 0 Å². The van der Waals surface area contributed by atoms with Gasteiger partial charge in [-0.3, -0.25) is 0 Å². The Bertz CT molecular complexity index is 1250. The summed E-state index contributed by atoms with van der Waals surface area (Å²) in [6.07, 6.45) is 0. The van der Waals surface area contributed by atoms with Crippen LogP contribution in [0.15, 0.2) is 89.3 Å². The maximum Gasteiger partial charge on any atom is 0.227 e. The van der Waals surface area contributed by atoms with E-state index in [-0.39, 0.29) is 0 Å². The fraction of sp³-hybridized carbons (Fsp3) is 0. The molecule has 0 saturated carbocycles. The highest BCUT2D eigenvalue weighted by Crippen LogP contribution is 2.33. The molecule has 0 bridgehead atoms. The largest absolute Gasteiger partial charge is 0.436 e. The number of hydrogen-bond donors (Lipinski definition) is 0. The Morgan fingerprint density at radius 2 is 1.50 bits per heavy atom. The van der Waals surface area contributed by atoms with Gasteiger partial charge in [0.15, 0.2) is 5.58 Å². The van der Waals surface area contributed by atoms with Crippen LogP contribution in [0.1, 0.15) is 0 Å². The summed E-state index contributed by atoms with van der Waals surface area (Å²) >= 11 is 6.33. The molecule has 124 valence electrons. The number of nitrogens with zero attached hydrogens (tertiary/aromatic N) is 1. The minimum Gasteiger partial charge on any atom is -0.436 e. The van der Waals surface area contributed by atoms with E-state index >= 15 is 0 Å². The first-order chi connectivity index (χ1) is 12.8. The van der Waals surface area contributed by atoms with E-state index in [0.29, 0.717) is 5.89 Å². The zero-order valence-electron chi connectivity index (χ0n) is 13.8. The molecule has 1 heterocycles. The summed E-state index contributed by atoms with van der Waals surface area (Å²) in [5.74, 6) is 0.633. The van der Waals surface area contributed by atoms with Crippen LogP contribution in [0.4, 0.5) is 0 Å². The van der Waals surface area contributed by atoms with Crippen LogP contribution in [0.3, 0.4) is 0 Å². The highest BCUT2D eigenvalue weighted by molar-refractivity contribution is 6.33. The second-order valence-corrected chi connectivity index (χ2v) is 6.62. The van der Waals surface area contributed by atoms with Gasteiger partial charge in [0.25, 0.3) is 0 Å². The average Bonchev–Trinajstić information content (AvgIpc) is 3.11. The normalized spacial score (nSPS) is 11.3. The molecule has 0 aliphatic rings. The molecule has 0 saturated heterocycles. The van der Waals surface area contributed by atoms with Gasteiger partial charge in [-0.1, -0.05) is 72.3 Å². The smallest absolute Gasteiger partial charge is 0.227 e. The van der Waals surface area contributed by atoms with Gasteiger partial charge in [-0.2, -0.15) is 0 Å². The molecule has 0 radical (unpaired) electrons. The van der Waals surface area contributed by atoms with Crippen LogP contribution < -0.4 is 0 Å². The number of benzene rings is 4. The van der Waals surface area contributed by atoms with E-state index in [1.807, 2.05) is 66.7 Å². The molecule has 26 heavy (non-hydrogen) atoms. The molecule has 3 heteroatoms. The zero-order valence-corrected chi connectivity index (χ0v) is 14.6. The maximum absolute atomic E-state index is 6.33. The molecule has 0 spiro atoms. The summed E-state index contributed by atoms with van der Waals surface area (Å²) in [5, 5.41) is 3.03. The first-order valence-electron chi connectivity index (χ1n) is 8.43. The molecule has 2 nitrogen and oxygen atoms in total. The minimum absolute atomic E-state index is 0.633. The van der Waals surface area contributed by atoms with Gasteiger partial charge in [-0.05, 0) is 40.6 Å². The Hall–Kier alpha value is -3.10. The minimum atomic E-state index is 0.633. The van der Waals surface area contributed by atoms with Crippen molar-refractivity contribution in [2.45, 2.75) is 0 Å². The molecular formula is C23H14ClNO. The van der Waals surface area contributed by atoms with Crippen molar-refractivity contribution in [2.75, 3.05) is 0 Å². The van der Waals surface area contributed by atoms with Crippen molar-refractivity contribution in [1.29, 1.82) is 0 Å². The van der Waals surface area contributed by atoms with Crippen LogP contribution >= 0.6 is 11.6 Å². The third-order valence-electron chi connectivity index (χ3n) is 4.59. The van der Waals surface area contributed by atoms with Crippen molar-refractivity contribution in [1.82, 2.24) is 4.98 Å². The van der Waals surface area contributed by atoms with E-state index in [1.165, 1.54) is 5.39 Å². The highest BCUT2D eigenvalue weighted by Gasteiger charge is 2.12. The lowest BCUT2D eigenvalue weighted by molar-refractivity contribution is 0.620. The Morgan fingerprint density at radius 1 is 0.731 bits per heavy atom. The van der Waals surface area contributed by atoms with Crippen LogP contribution in [-0.2, 0) is 0 Å². The van der Waals surface area contributed by atoms with E-state index in [0.717, 1.165) is 38.2 Å². The Morgan fingerprint density at radius 3 is 2.42 bits per heavy atom. The maximum atomic E-state index is 6.33. The van der Waals surface area contributed by atoms with Crippen molar-refractivity contribution < 1.29 is 4.42 Å². The quantitative estimate of drug-likeness (QED) is 0.342. The second kappa shape index (κ2) is 6.01. The molecule has 0 aliphatic carbocycles. The monoisotopic (exact) mass is 355 g/mol. The molecule has 0 aliphatic heterocycles. The summed E-state index contributed by atoms with van der Waals surface area (Å²) < 4.78 is 6.04. The number of oxazole rings is 1. The third kappa shape index (κ3) is 2.47. The first kappa shape index (κ1) is 15.2. The highest BCUT2D eigenvalue weighted by atomic mass is 35.5. The second-order valence-electron chi connectivity index (χ2n) is 6.21. The molecule has 5 rings (SSSR count). The fourth-order valence-electron chi connectivity index (χ4n) is 3.32. The molecule has 0 unspecified atom stereocenters. The van der Waals surface area contributed by atoms with Gasteiger partial charge in [0.05, 0.1) is 0 Å². The predicted octanol–water partition coefficient (Wildman–Crippen LogP) is 6.97. The number of fused-ring (bicyclic) bond motifs is 2. The van der Waals surface area contributed by atoms with Crippen LogP contribution in [0.25, 0.3) is 44.5 Å². The van der Waals surface area contributed by atoms with Crippen LogP contribution in [-0.4, -0.2) is 4.98 Å². The van der Waals surface area contributed by atoms with Gasteiger partial charge in [-0.25, -0.2) is 4.98 Å². The lowest BCUT2D eigenvalue weighted by atomic mass is 10.0. The van der Waals surface area contributed by atoms with Crippen molar-refractivity contribution in [3.63, 3.8) is 0 Å². The van der Waals surface area contributed by atoms with Gasteiger partial charge in [0.2, 0.25) is 5.89 Å². The molecule has 4 aromatic carbocycles. The standard InChI is InChI=1S/C23H14ClNO/c24-20-11-4-3-9-18(20)16-12-13-22-21(14-16)25-23(26-22)19-10-5-7-15-6-1-2-8-17(15)19/h1-14H. The van der Waals surface area contributed by atoms with E-state index in [2.05, 4.69) is 18.2 Å². The summed E-state index contributed by atoms with van der Waals surface area (Å²) in [4.78, 5) is 4.74. The van der Waals surface area contributed by atoms with Gasteiger partial charge >= 0.3 is 0 Å². The molecule has 0 N–H and O–H groups in total. The Balaban J connectivity index is 1.68. The first-order valence-corrected chi connectivity index (χ1v) is 8.81. The van der Waals surface area contributed by atoms with E-state index < -0.39 is 0 Å². The third-order valence-corrected chi connectivity index (χ3v) is 4.92. The predicted molar refractivity (Wildman–Crippen MR) is 107 cm³/mol. The topological polar surface area (TPSA) is 26.0 Å². The number of hydrogen-bond acceptors (Lipinski definition) is 2.